The average Bonchev–Trinajstić information content (AvgIpc) is 1.98. The number of aryl methyl sites for hydroxylation is 1. The Balaban J connectivity index is 3.48. The molecule has 0 fully saturated rings. The third kappa shape index (κ3) is 0.658. The molecule has 0 atom stereocenters. The van der Waals surface area contributed by atoms with E-state index in [1.165, 1.54) is 0 Å². The van der Waals surface area contributed by atoms with Gasteiger partial charge < -0.3 is 11.6 Å². The van der Waals surface area contributed by atoms with Crippen molar-refractivity contribution in [2.45, 2.75) is 6.92 Å². The van der Waals surface area contributed by atoms with E-state index >= 15 is 0 Å². The second kappa shape index (κ2) is 1.54. The Morgan fingerprint density at radius 3 is 2.33 bits per heavy atom. The molecule has 0 aliphatic carbocycles. The molecule has 0 saturated heterocycles. The lowest BCUT2D eigenvalue weighted by molar-refractivity contribution is 0.790. The second-order valence-corrected chi connectivity index (χ2v) is 1.83. The van der Waals surface area contributed by atoms with Gasteiger partial charge in [-0.05, 0) is 6.92 Å². The van der Waals surface area contributed by atoms with Crippen molar-refractivity contribution in [1.29, 1.82) is 0 Å². The summed E-state index contributed by atoms with van der Waals surface area (Å²) in [6, 6.07) is 0. The van der Waals surface area contributed by atoms with Crippen molar-refractivity contribution < 1.29 is 0 Å². The van der Waals surface area contributed by atoms with Crippen molar-refractivity contribution in [3.63, 3.8) is 0 Å². The van der Waals surface area contributed by atoms with Crippen LogP contribution < -0.4 is 17.1 Å². The molecule has 5 N–H and O–H groups in total. The maximum absolute atomic E-state index is 10.7. The topological polar surface area (TPSA) is 89.8 Å². The van der Waals surface area contributed by atoms with E-state index in [0.717, 1.165) is 4.79 Å². The zero-order valence-electron chi connectivity index (χ0n) is 5.01. The van der Waals surface area contributed by atoms with Gasteiger partial charge in [-0.3, -0.25) is 9.89 Å². The predicted molar refractivity (Wildman–Crippen MR) is 34.4 cm³/mol. The molecule has 0 spiro atoms. The molecule has 1 aromatic heterocycles. The summed E-state index contributed by atoms with van der Waals surface area (Å²) >= 11 is 0. The van der Waals surface area contributed by atoms with Gasteiger partial charge in [0.1, 0.15) is 5.69 Å². The van der Waals surface area contributed by atoms with E-state index < -0.39 is 0 Å². The molecule has 0 bridgehead atoms. The van der Waals surface area contributed by atoms with Crippen LogP contribution in [0.15, 0.2) is 4.79 Å². The highest BCUT2D eigenvalue weighted by Crippen LogP contribution is 1.95. The Morgan fingerprint density at radius 1 is 1.67 bits per heavy atom. The van der Waals surface area contributed by atoms with Crippen molar-refractivity contribution in [1.82, 2.24) is 9.89 Å². The highest BCUT2D eigenvalue weighted by atomic mass is 16.1. The van der Waals surface area contributed by atoms with Crippen LogP contribution in [-0.2, 0) is 0 Å². The second-order valence-electron chi connectivity index (χ2n) is 1.83. The number of nitrogens with two attached hydrogens (primary N) is 2. The van der Waals surface area contributed by atoms with Gasteiger partial charge in [0.15, 0.2) is 0 Å². The number of H-pyrrole nitrogens is 1. The number of nitrogens with one attached hydrogen (secondary N) is 1. The SMILES string of the molecule is Cc1[nH]n(N)c(=O)c1N. The van der Waals surface area contributed by atoms with Gasteiger partial charge in [0, 0.05) is 0 Å². The molecule has 0 unspecified atom stereocenters. The summed E-state index contributed by atoms with van der Waals surface area (Å²) in [5.74, 6) is 5.11. The molecule has 5 heteroatoms. The van der Waals surface area contributed by atoms with E-state index in [1.807, 2.05) is 0 Å². The van der Waals surface area contributed by atoms with Crippen molar-refractivity contribution in [3.05, 3.63) is 16.0 Å². The van der Waals surface area contributed by atoms with Crippen LogP contribution in [0.1, 0.15) is 5.69 Å². The summed E-state index contributed by atoms with van der Waals surface area (Å²) in [7, 11) is 0. The molecule has 0 saturated carbocycles. The van der Waals surface area contributed by atoms with Crippen molar-refractivity contribution in [3.8, 4) is 0 Å². The zero-order chi connectivity index (χ0) is 7.02. The molecule has 0 aromatic carbocycles. The minimum Gasteiger partial charge on any atom is -0.393 e. The number of aromatic amines is 1. The number of hydrogen-bond donors (Lipinski definition) is 3. The van der Waals surface area contributed by atoms with Crippen LogP contribution in [0, 0.1) is 6.92 Å². The van der Waals surface area contributed by atoms with E-state index in [9.17, 15) is 4.79 Å². The summed E-state index contributed by atoms with van der Waals surface area (Å²) in [5, 5.41) is 2.53. The third-order valence-electron chi connectivity index (χ3n) is 1.14. The van der Waals surface area contributed by atoms with E-state index in [4.69, 9.17) is 11.6 Å². The molecule has 50 valence electrons. The van der Waals surface area contributed by atoms with Crippen molar-refractivity contribution in [2.24, 2.45) is 0 Å². The van der Waals surface area contributed by atoms with E-state index in [0.29, 0.717) is 5.69 Å². The lowest BCUT2D eigenvalue weighted by atomic mass is 10.4. The largest absolute Gasteiger partial charge is 0.393 e. The highest BCUT2D eigenvalue weighted by molar-refractivity contribution is 5.39. The molecule has 1 aromatic rings. The van der Waals surface area contributed by atoms with Crippen LogP contribution in [0.25, 0.3) is 0 Å². The summed E-state index contributed by atoms with van der Waals surface area (Å²) in [4.78, 5) is 11.5. The molecule has 9 heavy (non-hydrogen) atoms. The normalized spacial score (nSPS) is 9.89. The van der Waals surface area contributed by atoms with Gasteiger partial charge >= 0.3 is 5.56 Å². The van der Waals surface area contributed by atoms with E-state index in [-0.39, 0.29) is 11.2 Å². The summed E-state index contributed by atoms with van der Waals surface area (Å²) in [6.07, 6.45) is 0. The number of nitrogens with zero attached hydrogens (tertiary/aromatic N) is 1. The van der Waals surface area contributed by atoms with Gasteiger partial charge in [-0.2, -0.15) is 4.79 Å². The van der Waals surface area contributed by atoms with Crippen LogP contribution in [0.4, 0.5) is 5.69 Å². The van der Waals surface area contributed by atoms with E-state index in [1.54, 1.807) is 6.92 Å². The molecule has 0 aliphatic heterocycles. The minimum absolute atomic E-state index is 0.178. The van der Waals surface area contributed by atoms with Gasteiger partial charge in [0.2, 0.25) is 0 Å². The van der Waals surface area contributed by atoms with Gasteiger partial charge in [0.05, 0.1) is 5.69 Å². The molecular weight excluding hydrogens is 120 g/mol. The minimum atomic E-state index is -0.382. The summed E-state index contributed by atoms with van der Waals surface area (Å²) < 4.78 is 0. The van der Waals surface area contributed by atoms with Crippen LogP contribution in [0.5, 0.6) is 0 Å². The third-order valence-corrected chi connectivity index (χ3v) is 1.14. The molecule has 0 radical (unpaired) electrons. The smallest absolute Gasteiger partial charge is 0.308 e. The van der Waals surface area contributed by atoms with Crippen LogP contribution >= 0.6 is 0 Å². The highest BCUT2D eigenvalue weighted by Gasteiger charge is 2.02. The monoisotopic (exact) mass is 128 g/mol. The van der Waals surface area contributed by atoms with Crippen LogP contribution in [0.2, 0.25) is 0 Å². The molecule has 5 nitrogen and oxygen atoms in total. The molecule has 0 amide bonds. The van der Waals surface area contributed by atoms with Crippen LogP contribution in [0.3, 0.4) is 0 Å². The number of anilines is 1. The summed E-state index contributed by atoms with van der Waals surface area (Å²) in [6.45, 7) is 1.68. The Labute approximate surface area is 51.2 Å². The first-order valence-electron chi connectivity index (χ1n) is 2.45. The Kier molecular flexibility index (Phi) is 0.985. The number of nitrogen functional groups attached to an aromatic ring is 2. The van der Waals surface area contributed by atoms with Crippen molar-refractivity contribution >= 4 is 5.69 Å². The lowest BCUT2D eigenvalue weighted by Gasteiger charge is -1.83. The molecular formula is C4H8N4O. The fourth-order valence-corrected chi connectivity index (χ4v) is 0.582. The maximum Gasteiger partial charge on any atom is 0.308 e. The van der Waals surface area contributed by atoms with Gasteiger partial charge in [0.25, 0.3) is 0 Å². The standard InChI is InChI=1S/C4H8N4O/c1-2-3(5)4(9)8(6)7-2/h7H,5-6H2,1H3. The maximum atomic E-state index is 10.7. The Morgan fingerprint density at radius 2 is 2.22 bits per heavy atom. The van der Waals surface area contributed by atoms with Gasteiger partial charge in [-0.25, -0.2) is 0 Å². The number of hydrogen-bond acceptors (Lipinski definition) is 3. The predicted octanol–water partition coefficient (Wildman–Crippen LogP) is -1.22. The average molecular weight is 128 g/mol. The molecule has 0 aliphatic rings. The zero-order valence-corrected chi connectivity index (χ0v) is 5.01. The first-order chi connectivity index (χ1) is 4.13. The first-order valence-corrected chi connectivity index (χ1v) is 2.45. The quantitative estimate of drug-likeness (QED) is 0.382. The number of rotatable bonds is 0. The number of aromatic nitrogens is 2. The Hall–Kier alpha value is -1.39. The fraction of sp³-hybridized carbons (Fsp3) is 0.250. The van der Waals surface area contributed by atoms with E-state index in [2.05, 4.69) is 5.10 Å². The Bertz CT molecular complexity index is 271. The fourth-order valence-electron chi connectivity index (χ4n) is 0.582. The van der Waals surface area contributed by atoms with Gasteiger partial charge in [-0.15, -0.1) is 0 Å². The lowest BCUT2D eigenvalue weighted by Crippen LogP contribution is -2.25. The summed E-state index contributed by atoms with van der Waals surface area (Å²) in [5.41, 5.74) is 5.65. The molecule has 1 rings (SSSR count). The van der Waals surface area contributed by atoms with Crippen LogP contribution in [-0.4, -0.2) is 9.89 Å². The van der Waals surface area contributed by atoms with Gasteiger partial charge in [-0.1, -0.05) is 0 Å². The molecule has 1 heterocycles. The first kappa shape index (κ1) is 5.74. The van der Waals surface area contributed by atoms with Crippen molar-refractivity contribution in [2.75, 3.05) is 11.6 Å².